The van der Waals surface area contributed by atoms with E-state index in [9.17, 15) is 9.59 Å². The van der Waals surface area contributed by atoms with Crippen LogP contribution in [0.3, 0.4) is 0 Å². The quantitative estimate of drug-likeness (QED) is 0.525. The van der Waals surface area contributed by atoms with Crippen molar-refractivity contribution >= 4 is 11.8 Å². The number of rotatable bonds is 9. The summed E-state index contributed by atoms with van der Waals surface area (Å²) >= 11 is 0. The van der Waals surface area contributed by atoms with E-state index in [-0.39, 0.29) is 23.8 Å². The maximum atomic E-state index is 13.6. The van der Waals surface area contributed by atoms with E-state index in [1.54, 1.807) is 7.11 Å². The lowest BCUT2D eigenvalue weighted by Crippen LogP contribution is -2.66. The van der Waals surface area contributed by atoms with Gasteiger partial charge in [-0.25, -0.2) is 4.68 Å². The third-order valence-electron chi connectivity index (χ3n) is 9.23. The van der Waals surface area contributed by atoms with Crippen molar-refractivity contribution in [3.05, 3.63) is 47.3 Å². The van der Waals surface area contributed by atoms with Gasteiger partial charge in [-0.05, 0) is 70.2 Å². The summed E-state index contributed by atoms with van der Waals surface area (Å²) < 4.78 is 7.38. The highest BCUT2D eigenvalue weighted by atomic mass is 16.5. The molecule has 8 heteroatoms. The van der Waals surface area contributed by atoms with E-state index in [1.165, 1.54) is 43.4 Å². The predicted molar refractivity (Wildman–Crippen MR) is 152 cm³/mol. The molecular formula is C31H45N5O3. The van der Waals surface area contributed by atoms with Crippen LogP contribution in [0.2, 0.25) is 0 Å². The summed E-state index contributed by atoms with van der Waals surface area (Å²) in [6, 6.07) is 9.48. The van der Waals surface area contributed by atoms with Crippen LogP contribution in [0.25, 0.3) is 5.69 Å². The monoisotopic (exact) mass is 535 g/mol. The third kappa shape index (κ3) is 6.22. The number of para-hydroxylation sites is 1. The van der Waals surface area contributed by atoms with Gasteiger partial charge in [0.25, 0.3) is 0 Å². The van der Waals surface area contributed by atoms with E-state index >= 15 is 0 Å². The van der Waals surface area contributed by atoms with Gasteiger partial charge in [-0.1, -0.05) is 50.3 Å². The highest BCUT2D eigenvalue weighted by Gasteiger charge is 2.45. The van der Waals surface area contributed by atoms with E-state index in [1.807, 2.05) is 27.8 Å². The summed E-state index contributed by atoms with van der Waals surface area (Å²) in [6.45, 7) is 7.82. The third-order valence-corrected chi connectivity index (χ3v) is 9.23. The highest BCUT2D eigenvalue weighted by Crippen LogP contribution is 2.32. The zero-order valence-corrected chi connectivity index (χ0v) is 23.9. The highest BCUT2D eigenvalue weighted by molar-refractivity contribution is 5.97. The van der Waals surface area contributed by atoms with Gasteiger partial charge in [-0.15, -0.1) is 0 Å². The van der Waals surface area contributed by atoms with Gasteiger partial charge in [0.2, 0.25) is 11.8 Å². The van der Waals surface area contributed by atoms with Crippen molar-refractivity contribution in [2.45, 2.75) is 83.8 Å². The number of hydrogen-bond acceptors (Lipinski definition) is 5. The Balaban J connectivity index is 1.23. The second-order valence-corrected chi connectivity index (χ2v) is 11.8. The van der Waals surface area contributed by atoms with Gasteiger partial charge in [0.15, 0.2) is 0 Å². The fraction of sp³-hybridized carbons (Fsp3) is 0.645. The Morgan fingerprint density at radius 3 is 2.41 bits per heavy atom. The summed E-state index contributed by atoms with van der Waals surface area (Å²) in [7, 11) is 1.66. The number of aromatic nitrogens is 2. The average molecular weight is 536 g/mol. The molecule has 0 spiro atoms. The smallest absolute Gasteiger partial charge is 0.245 e. The first-order chi connectivity index (χ1) is 19.0. The number of likely N-dealkylation sites (tertiary alicyclic amines) is 1. The molecule has 5 rings (SSSR count). The molecule has 2 aromatic rings. The molecule has 1 N–H and O–H groups in total. The number of carbonyl (C=O) groups is 2. The van der Waals surface area contributed by atoms with Crippen LogP contribution < -0.4 is 5.32 Å². The fourth-order valence-corrected chi connectivity index (χ4v) is 7.00. The van der Waals surface area contributed by atoms with Crippen LogP contribution in [0.4, 0.5) is 0 Å². The van der Waals surface area contributed by atoms with Gasteiger partial charge < -0.3 is 15.0 Å². The Kier molecular flexibility index (Phi) is 9.03. The zero-order chi connectivity index (χ0) is 27.4. The van der Waals surface area contributed by atoms with Crippen LogP contribution in [0.1, 0.15) is 68.3 Å². The number of hydrogen-bond donors (Lipinski definition) is 1. The second-order valence-electron chi connectivity index (χ2n) is 11.8. The summed E-state index contributed by atoms with van der Waals surface area (Å²) in [6.07, 6.45) is 8.66. The number of piperidine rings is 1. The van der Waals surface area contributed by atoms with E-state index in [4.69, 9.17) is 9.84 Å². The first kappa shape index (κ1) is 27.8. The van der Waals surface area contributed by atoms with Crippen molar-refractivity contribution in [3.8, 4) is 5.69 Å². The number of carbonyl (C=O) groups excluding carboxylic acids is 2. The van der Waals surface area contributed by atoms with E-state index in [2.05, 4.69) is 36.2 Å². The number of amides is 2. The molecule has 1 aromatic carbocycles. The van der Waals surface area contributed by atoms with Crippen LogP contribution in [-0.4, -0.2) is 76.8 Å². The molecule has 39 heavy (non-hydrogen) atoms. The largest absolute Gasteiger partial charge is 0.383 e. The second kappa shape index (κ2) is 12.6. The molecule has 0 bridgehead atoms. The number of nitrogens with zero attached hydrogens (tertiary/aromatic N) is 4. The lowest BCUT2D eigenvalue weighted by molar-refractivity contribution is -0.153. The molecule has 1 aromatic heterocycles. The normalized spacial score (nSPS) is 23.8. The molecule has 3 heterocycles. The standard InChI is InChI=1S/C31H45N5O3/c1-22-27(23(2)36(33-22)26-12-8-5-9-13-26)21-34-16-14-25(15-17-34)29-30(37)32-28(20-24-10-6-4-7-11-24)31(38)35(29)18-19-39-3/h5,8-9,12-13,24-25,28-29H,4,6-7,10-11,14-21H2,1-3H3,(H,32,37)/t28-,29?/m0/s1. The Bertz CT molecular complexity index is 1120. The maximum Gasteiger partial charge on any atom is 0.245 e. The molecule has 2 saturated heterocycles. The van der Waals surface area contributed by atoms with Gasteiger partial charge in [0.05, 0.1) is 18.0 Å². The molecule has 8 nitrogen and oxygen atoms in total. The zero-order valence-electron chi connectivity index (χ0n) is 23.9. The molecule has 212 valence electrons. The van der Waals surface area contributed by atoms with E-state index in [0.29, 0.717) is 19.1 Å². The number of benzene rings is 1. The SMILES string of the molecule is COCCN1C(=O)[C@H](CC2CCCCC2)NC(=O)C1C1CCN(Cc2c(C)nn(-c3ccccc3)c2C)CC1. The number of methoxy groups -OCH3 is 1. The van der Waals surface area contributed by atoms with Crippen molar-refractivity contribution in [1.29, 1.82) is 0 Å². The van der Waals surface area contributed by atoms with Crippen LogP contribution in [0, 0.1) is 25.7 Å². The minimum absolute atomic E-state index is 0.0285. The Hall–Kier alpha value is -2.71. The molecular weight excluding hydrogens is 490 g/mol. The molecule has 1 unspecified atom stereocenters. The summed E-state index contributed by atoms with van der Waals surface area (Å²) in [5, 5.41) is 7.98. The molecule has 0 radical (unpaired) electrons. The minimum Gasteiger partial charge on any atom is -0.383 e. The molecule has 2 atom stereocenters. The lowest BCUT2D eigenvalue weighted by Gasteiger charge is -2.45. The number of aryl methyl sites for hydroxylation is 1. The maximum absolute atomic E-state index is 13.6. The molecule has 1 aliphatic carbocycles. The molecule has 1 saturated carbocycles. The van der Waals surface area contributed by atoms with E-state index in [0.717, 1.165) is 50.3 Å². The fourth-order valence-electron chi connectivity index (χ4n) is 7.00. The van der Waals surface area contributed by atoms with Gasteiger partial charge in [0, 0.05) is 31.5 Å². The van der Waals surface area contributed by atoms with Crippen LogP contribution in [0.15, 0.2) is 30.3 Å². The minimum atomic E-state index is -0.401. The summed E-state index contributed by atoms with van der Waals surface area (Å²) in [5.41, 5.74) is 4.59. The molecule has 2 aliphatic heterocycles. The number of nitrogens with one attached hydrogen (secondary N) is 1. The van der Waals surface area contributed by atoms with Crippen molar-refractivity contribution in [1.82, 2.24) is 24.9 Å². The van der Waals surface area contributed by atoms with Crippen LogP contribution in [0.5, 0.6) is 0 Å². The van der Waals surface area contributed by atoms with E-state index < -0.39 is 6.04 Å². The van der Waals surface area contributed by atoms with Crippen molar-refractivity contribution in [2.75, 3.05) is 33.4 Å². The van der Waals surface area contributed by atoms with Gasteiger partial charge in [-0.2, -0.15) is 5.10 Å². The van der Waals surface area contributed by atoms with Crippen molar-refractivity contribution in [2.24, 2.45) is 11.8 Å². The average Bonchev–Trinajstić information content (AvgIpc) is 3.24. The molecule has 2 amide bonds. The Labute approximate surface area is 233 Å². The first-order valence-electron chi connectivity index (χ1n) is 14.9. The predicted octanol–water partition coefficient (Wildman–Crippen LogP) is 4.01. The number of ether oxygens (including phenoxy) is 1. The van der Waals surface area contributed by atoms with Gasteiger partial charge in [-0.3, -0.25) is 14.5 Å². The first-order valence-corrected chi connectivity index (χ1v) is 14.9. The number of piperazine rings is 1. The van der Waals surface area contributed by atoms with Crippen LogP contribution in [-0.2, 0) is 20.9 Å². The van der Waals surface area contributed by atoms with Crippen molar-refractivity contribution < 1.29 is 14.3 Å². The Morgan fingerprint density at radius 1 is 1.00 bits per heavy atom. The van der Waals surface area contributed by atoms with Gasteiger partial charge >= 0.3 is 0 Å². The topological polar surface area (TPSA) is 79.7 Å². The van der Waals surface area contributed by atoms with Crippen molar-refractivity contribution in [3.63, 3.8) is 0 Å². The molecule has 3 fully saturated rings. The lowest BCUT2D eigenvalue weighted by atomic mass is 9.82. The van der Waals surface area contributed by atoms with Crippen LogP contribution >= 0.6 is 0 Å². The Morgan fingerprint density at radius 2 is 1.72 bits per heavy atom. The summed E-state index contributed by atoms with van der Waals surface area (Å²) in [5.74, 6) is 0.812. The molecule has 3 aliphatic rings. The summed E-state index contributed by atoms with van der Waals surface area (Å²) in [4.78, 5) is 31.5. The van der Waals surface area contributed by atoms with Gasteiger partial charge in [0.1, 0.15) is 12.1 Å².